The van der Waals surface area contributed by atoms with E-state index in [1.807, 2.05) is 32.0 Å². The molecule has 100 valence electrons. The Morgan fingerprint density at radius 1 is 1.42 bits per heavy atom. The zero-order chi connectivity index (χ0) is 14.0. The van der Waals surface area contributed by atoms with Crippen LogP contribution in [-0.2, 0) is 13.6 Å². The van der Waals surface area contributed by atoms with Crippen LogP contribution >= 0.6 is 0 Å². The summed E-state index contributed by atoms with van der Waals surface area (Å²) in [5.74, 6) is -0.134. The maximum absolute atomic E-state index is 12.0. The molecule has 0 saturated heterocycles. The lowest BCUT2D eigenvalue weighted by Gasteiger charge is -2.09. The van der Waals surface area contributed by atoms with E-state index in [4.69, 9.17) is 5.73 Å². The number of nitrogens with zero attached hydrogens (tertiary/aromatic N) is 2. The van der Waals surface area contributed by atoms with Crippen LogP contribution in [0.25, 0.3) is 0 Å². The zero-order valence-electron chi connectivity index (χ0n) is 11.4. The number of rotatable bonds is 3. The van der Waals surface area contributed by atoms with E-state index in [0.717, 1.165) is 22.5 Å². The fourth-order valence-electron chi connectivity index (χ4n) is 1.98. The van der Waals surface area contributed by atoms with Gasteiger partial charge < -0.3 is 11.1 Å². The minimum absolute atomic E-state index is 0.134. The van der Waals surface area contributed by atoms with Gasteiger partial charge >= 0.3 is 0 Å². The van der Waals surface area contributed by atoms with E-state index >= 15 is 0 Å². The van der Waals surface area contributed by atoms with Crippen LogP contribution in [0.15, 0.2) is 24.3 Å². The predicted octanol–water partition coefficient (Wildman–Crippen LogP) is 1.55. The number of benzene rings is 1. The molecule has 0 saturated carbocycles. The minimum Gasteiger partial charge on any atom is -0.399 e. The molecular weight excluding hydrogens is 240 g/mol. The Kier molecular flexibility index (Phi) is 3.55. The molecule has 2 aromatic rings. The summed E-state index contributed by atoms with van der Waals surface area (Å²) >= 11 is 0. The first kappa shape index (κ1) is 13.1. The van der Waals surface area contributed by atoms with E-state index in [9.17, 15) is 4.79 Å². The van der Waals surface area contributed by atoms with Crippen molar-refractivity contribution < 1.29 is 4.79 Å². The maximum atomic E-state index is 12.0. The van der Waals surface area contributed by atoms with Gasteiger partial charge in [0.05, 0.1) is 5.69 Å². The zero-order valence-corrected chi connectivity index (χ0v) is 11.4. The number of aryl methyl sites for hydroxylation is 2. The van der Waals surface area contributed by atoms with Crippen molar-refractivity contribution in [3.8, 4) is 0 Å². The third-order valence-corrected chi connectivity index (χ3v) is 3.16. The molecule has 1 aromatic heterocycles. The van der Waals surface area contributed by atoms with Gasteiger partial charge in [-0.15, -0.1) is 0 Å². The van der Waals surface area contributed by atoms with Gasteiger partial charge in [-0.2, -0.15) is 5.10 Å². The highest BCUT2D eigenvalue weighted by Gasteiger charge is 2.11. The highest BCUT2D eigenvalue weighted by atomic mass is 16.2. The molecule has 0 atom stereocenters. The quantitative estimate of drug-likeness (QED) is 0.820. The Hall–Kier alpha value is -2.30. The molecule has 1 aromatic carbocycles. The molecule has 0 fully saturated rings. The summed E-state index contributed by atoms with van der Waals surface area (Å²) in [6, 6.07) is 7.46. The Balaban J connectivity index is 2.09. The van der Waals surface area contributed by atoms with Crippen LogP contribution in [0.5, 0.6) is 0 Å². The summed E-state index contributed by atoms with van der Waals surface area (Å²) in [7, 11) is 1.76. The van der Waals surface area contributed by atoms with Crippen molar-refractivity contribution in [3.63, 3.8) is 0 Å². The molecule has 3 N–H and O–H groups in total. The number of amides is 1. The number of hydrogen-bond donors (Lipinski definition) is 2. The van der Waals surface area contributed by atoms with Gasteiger partial charge in [-0.3, -0.25) is 9.48 Å². The van der Waals surface area contributed by atoms with Crippen molar-refractivity contribution in [3.05, 3.63) is 46.8 Å². The molecule has 1 heterocycles. The van der Waals surface area contributed by atoms with Gasteiger partial charge in [0.1, 0.15) is 5.69 Å². The van der Waals surface area contributed by atoms with Crippen LogP contribution in [0, 0.1) is 13.8 Å². The Morgan fingerprint density at radius 2 is 2.16 bits per heavy atom. The van der Waals surface area contributed by atoms with Crippen molar-refractivity contribution in [1.29, 1.82) is 0 Å². The van der Waals surface area contributed by atoms with Crippen LogP contribution in [0.4, 0.5) is 5.69 Å². The first-order chi connectivity index (χ1) is 8.99. The van der Waals surface area contributed by atoms with Crippen LogP contribution in [0.1, 0.15) is 27.3 Å². The van der Waals surface area contributed by atoms with Gasteiger partial charge in [-0.1, -0.05) is 12.1 Å². The Labute approximate surface area is 112 Å². The Morgan fingerprint density at radius 3 is 2.79 bits per heavy atom. The highest BCUT2D eigenvalue weighted by molar-refractivity contribution is 5.92. The third-order valence-electron chi connectivity index (χ3n) is 3.16. The van der Waals surface area contributed by atoms with Gasteiger partial charge in [0, 0.05) is 19.3 Å². The fraction of sp³-hybridized carbons (Fsp3) is 0.286. The molecule has 0 radical (unpaired) electrons. The molecule has 0 aliphatic rings. The Bertz CT molecular complexity index is 616. The lowest BCUT2D eigenvalue weighted by molar-refractivity contribution is 0.0941. The first-order valence-electron chi connectivity index (χ1n) is 6.12. The van der Waals surface area contributed by atoms with Crippen molar-refractivity contribution in [2.24, 2.45) is 7.05 Å². The number of nitrogen functional groups attached to an aromatic ring is 1. The summed E-state index contributed by atoms with van der Waals surface area (Å²) in [6.07, 6.45) is 0. The molecule has 0 unspecified atom stereocenters. The van der Waals surface area contributed by atoms with Crippen LogP contribution in [0.3, 0.4) is 0 Å². The fourth-order valence-corrected chi connectivity index (χ4v) is 1.98. The smallest absolute Gasteiger partial charge is 0.269 e. The van der Waals surface area contributed by atoms with Crippen molar-refractivity contribution in [2.45, 2.75) is 20.4 Å². The van der Waals surface area contributed by atoms with E-state index in [-0.39, 0.29) is 5.91 Å². The van der Waals surface area contributed by atoms with Crippen molar-refractivity contribution >= 4 is 11.6 Å². The average Bonchev–Trinajstić information content (AvgIpc) is 2.70. The molecule has 0 aliphatic heterocycles. The van der Waals surface area contributed by atoms with Crippen molar-refractivity contribution in [1.82, 2.24) is 15.1 Å². The van der Waals surface area contributed by atoms with Gasteiger partial charge in [0.25, 0.3) is 5.91 Å². The number of nitrogens with two attached hydrogens (primary N) is 1. The molecule has 0 aliphatic carbocycles. The SMILES string of the molecule is Cc1cc(C(=O)NCc2cccc(N)c2C)n(C)n1. The largest absolute Gasteiger partial charge is 0.399 e. The van der Waals surface area contributed by atoms with E-state index in [1.54, 1.807) is 17.8 Å². The van der Waals surface area contributed by atoms with Gasteiger partial charge in [0.15, 0.2) is 0 Å². The van der Waals surface area contributed by atoms with E-state index in [0.29, 0.717) is 12.2 Å². The molecule has 5 nitrogen and oxygen atoms in total. The molecule has 1 amide bonds. The summed E-state index contributed by atoms with van der Waals surface area (Å²) < 4.78 is 1.58. The number of carbonyl (C=O) groups excluding carboxylic acids is 1. The third kappa shape index (κ3) is 2.76. The average molecular weight is 258 g/mol. The molecule has 0 spiro atoms. The van der Waals surface area contributed by atoms with Crippen LogP contribution < -0.4 is 11.1 Å². The number of hydrogen-bond acceptors (Lipinski definition) is 3. The highest BCUT2D eigenvalue weighted by Crippen LogP contribution is 2.15. The van der Waals surface area contributed by atoms with E-state index in [2.05, 4.69) is 10.4 Å². The van der Waals surface area contributed by atoms with Crippen LogP contribution in [-0.4, -0.2) is 15.7 Å². The monoisotopic (exact) mass is 258 g/mol. The second kappa shape index (κ2) is 5.14. The lowest BCUT2D eigenvalue weighted by atomic mass is 10.1. The van der Waals surface area contributed by atoms with Gasteiger partial charge in [-0.05, 0) is 37.1 Å². The standard InChI is InChI=1S/C14H18N4O/c1-9-7-13(18(3)17-9)14(19)16-8-11-5-4-6-12(15)10(11)2/h4-7H,8,15H2,1-3H3,(H,16,19). The number of aromatic nitrogens is 2. The molecule has 2 rings (SSSR count). The topological polar surface area (TPSA) is 72.9 Å². The van der Waals surface area contributed by atoms with E-state index < -0.39 is 0 Å². The number of anilines is 1. The summed E-state index contributed by atoms with van der Waals surface area (Å²) in [6.45, 7) is 4.27. The first-order valence-corrected chi connectivity index (χ1v) is 6.12. The molecule has 0 bridgehead atoms. The van der Waals surface area contributed by atoms with E-state index in [1.165, 1.54) is 0 Å². The summed E-state index contributed by atoms with van der Waals surface area (Å²) in [5.41, 5.74) is 9.98. The summed E-state index contributed by atoms with van der Waals surface area (Å²) in [4.78, 5) is 12.0. The van der Waals surface area contributed by atoms with Gasteiger partial charge in [-0.25, -0.2) is 0 Å². The number of nitrogens with one attached hydrogen (secondary N) is 1. The van der Waals surface area contributed by atoms with Crippen LogP contribution in [0.2, 0.25) is 0 Å². The second-order valence-electron chi connectivity index (χ2n) is 4.61. The normalized spacial score (nSPS) is 10.5. The minimum atomic E-state index is -0.134. The molecule has 5 heteroatoms. The molecule has 19 heavy (non-hydrogen) atoms. The molecular formula is C14H18N4O. The number of carbonyl (C=O) groups is 1. The summed E-state index contributed by atoms with van der Waals surface area (Å²) in [5, 5.41) is 7.04. The second-order valence-corrected chi connectivity index (χ2v) is 4.61. The van der Waals surface area contributed by atoms with Crippen molar-refractivity contribution in [2.75, 3.05) is 5.73 Å². The predicted molar refractivity (Wildman–Crippen MR) is 74.7 cm³/mol. The van der Waals surface area contributed by atoms with Gasteiger partial charge in [0.2, 0.25) is 0 Å². The lowest BCUT2D eigenvalue weighted by Crippen LogP contribution is -2.25. The maximum Gasteiger partial charge on any atom is 0.269 e.